The van der Waals surface area contributed by atoms with E-state index < -0.39 is 0 Å². The van der Waals surface area contributed by atoms with Crippen LogP contribution in [0.15, 0.2) is 21.2 Å². The van der Waals surface area contributed by atoms with Crippen LogP contribution in [0, 0.1) is 5.92 Å². The van der Waals surface area contributed by atoms with Gasteiger partial charge in [-0.2, -0.15) is 0 Å². The predicted octanol–water partition coefficient (Wildman–Crippen LogP) is 2.60. The molecule has 1 rings (SSSR count). The molecule has 14 heavy (non-hydrogen) atoms. The van der Waals surface area contributed by atoms with Gasteiger partial charge in [-0.05, 0) is 40.9 Å². The zero-order valence-corrected chi connectivity index (χ0v) is 9.71. The van der Waals surface area contributed by atoms with Gasteiger partial charge >= 0.3 is 0 Å². The molecule has 3 nitrogen and oxygen atoms in total. The molecule has 1 atom stereocenters. The van der Waals surface area contributed by atoms with Crippen LogP contribution in [0.3, 0.4) is 0 Å². The molecule has 0 spiro atoms. The lowest BCUT2D eigenvalue weighted by Crippen LogP contribution is -2.12. The Labute approximate surface area is 91.8 Å². The molecule has 0 aliphatic rings. The number of furan rings is 1. The van der Waals surface area contributed by atoms with Crippen LogP contribution in [0.1, 0.15) is 30.3 Å². The van der Waals surface area contributed by atoms with Crippen LogP contribution in [-0.2, 0) is 0 Å². The predicted molar refractivity (Wildman–Crippen MR) is 58.2 cm³/mol. The zero-order valence-electron chi connectivity index (χ0n) is 8.13. The Morgan fingerprint density at radius 3 is 2.93 bits per heavy atom. The van der Waals surface area contributed by atoms with Gasteiger partial charge in [0.25, 0.3) is 0 Å². The van der Waals surface area contributed by atoms with E-state index in [1.807, 2.05) is 6.92 Å². The molecule has 0 fully saturated rings. The first-order valence-corrected chi connectivity index (χ1v) is 5.40. The van der Waals surface area contributed by atoms with E-state index in [9.17, 15) is 4.79 Å². The van der Waals surface area contributed by atoms with E-state index in [4.69, 9.17) is 10.2 Å². The van der Waals surface area contributed by atoms with Crippen LogP contribution in [0.4, 0.5) is 0 Å². The van der Waals surface area contributed by atoms with Crippen molar-refractivity contribution in [1.82, 2.24) is 0 Å². The second-order valence-electron chi connectivity index (χ2n) is 3.40. The number of carbonyl (C=O) groups is 1. The quantitative estimate of drug-likeness (QED) is 0.828. The van der Waals surface area contributed by atoms with E-state index >= 15 is 0 Å². The summed E-state index contributed by atoms with van der Waals surface area (Å²) < 4.78 is 5.79. The van der Waals surface area contributed by atoms with E-state index in [1.54, 1.807) is 6.07 Å². The Morgan fingerprint density at radius 1 is 1.71 bits per heavy atom. The SMILES string of the molecule is CC(CN)CCC(=O)c1occc1Br. The van der Waals surface area contributed by atoms with E-state index in [0.717, 1.165) is 10.9 Å². The smallest absolute Gasteiger partial charge is 0.199 e. The molecule has 1 heterocycles. The summed E-state index contributed by atoms with van der Waals surface area (Å²) in [5.41, 5.74) is 5.46. The topological polar surface area (TPSA) is 56.2 Å². The highest BCUT2D eigenvalue weighted by Gasteiger charge is 2.14. The van der Waals surface area contributed by atoms with Gasteiger partial charge in [-0.25, -0.2) is 0 Å². The van der Waals surface area contributed by atoms with Crippen LogP contribution in [-0.4, -0.2) is 12.3 Å². The second-order valence-corrected chi connectivity index (χ2v) is 4.25. The van der Waals surface area contributed by atoms with Gasteiger partial charge in [0.1, 0.15) is 0 Å². The van der Waals surface area contributed by atoms with Crippen LogP contribution in [0.5, 0.6) is 0 Å². The van der Waals surface area contributed by atoms with E-state index in [-0.39, 0.29) is 5.78 Å². The molecule has 0 aliphatic heterocycles. The Bertz CT molecular complexity index is 309. The van der Waals surface area contributed by atoms with E-state index in [2.05, 4.69) is 15.9 Å². The molecule has 2 N–H and O–H groups in total. The first-order chi connectivity index (χ1) is 6.65. The van der Waals surface area contributed by atoms with E-state index in [1.165, 1.54) is 6.26 Å². The van der Waals surface area contributed by atoms with Crippen molar-refractivity contribution in [3.05, 3.63) is 22.6 Å². The molecule has 1 aromatic rings. The van der Waals surface area contributed by atoms with E-state index in [0.29, 0.717) is 24.6 Å². The van der Waals surface area contributed by atoms with Crippen molar-refractivity contribution in [3.63, 3.8) is 0 Å². The summed E-state index contributed by atoms with van der Waals surface area (Å²) in [6, 6.07) is 1.72. The zero-order chi connectivity index (χ0) is 10.6. The van der Waals surface area contributed by atoms with Crippen LogP contribution < -0.4 is 5.73 Å². The highest BCUT2D eigenvalue weighted by Crippen LogP contribution is 2.20. The molecule has 0 radical (unpaired) electrons. The van der Waals surface area contributed by atoms with Gasteiger partial charge in [0.05, 0.1) is 10.7 Å². The third kappa shape index (κ3) is 2.96. The summed E-state index contributed by atoms with van der Waals surface area (Å²) in [4.78, 5) is 11.6. The molecule has 0 aliphatic carbocycles. The van der Waals surface area contributed by atoms with Crippen molar-refractivity contribution < 1.29 is 9.21 Å². The fourth-order valence-electron chi connectivity index (χ4n) is 1.10. The molecule has 0 bridgehead atoms. The number of carbonyl (C=O) groups excluding carboxylic acids is 1. The monoisotopic (exact) mass is 259 g/mol. The lowest BCUT2D eigenvalue weighted by atomic mass is 10.0. The highest BCUT2D eigenvalue weighted by atomic mass is 79.9. The molecular weight excluding hydrogens is 246 g/mol. The Morgan fingerprint density at radius 2 is 2.43 bits per heavy atom. The number of rotatable bonds is 5. The molecule has 0 saturated heterocycles. The second kappa shape index (κ2) is 5.32. The Kier molecular flexibility index (Phi) is 4.35. The minimum atomic E-state index is 0.0298. The number of hydrogen-bond acceptors (Lipinski definition) is 3. The average molecular weight is 260 g/mol. The van der Waals surface area contributed by atoms with Crippen molar-refractivity contribution in [2.24, 2.45) is 11.7 Å². The number of nitrogens with two attached hydrogens (primary N) is 1. The molecule has 78 valence electrons. The van der Waals surface area contributed by atoms with Crippen molar-refractivity contribution in [1.29, 1.82) is 0 Å². The van der Waals surface area contributed by atoms with Crippen LogP contribution >= 0.6 is 15.9 Å². The van der Waals surface area contributed by atoms with Gasteiger partial charge < -0.3 is 10.2 Å². The number of ketones is 1. The number of halogens is 1. The molecule has 1 aromatic heterocycles. The van der Waals surface area contributed by atoms with Crippen molar-refractivity contribution in [2.45, 2.75) is 19.8 Å². The highest BCUT2D eigenvalue weighted by molar-refractivity contribution is 9.10. The maximum atomic E-state index is 11.6. The summed E-state index contributed by atoms with van der Waals surface area (Å²) in [5.74, 6) is 0.823. The number of Topliss-reactive ketones (excluding diaryl/α,β-unsaturated/α-hetero) is 1. The maximum absolute atomic E-state index is 11.6. The van der Waals surface area contributed by atoms with Crippen molar-refractivity contribution in [2.75, 3.05) is 6.54 Å². The first kappa shape index (κ1) is 11.5. The first-order valence-electron chi connectivity index (χ1n) is 4.61. The molecule has 0 amide bonds. The van der Waals surface area contributed by atoms with Crippen molar-refractivity contribution in [3.8, 4) is 0 Å². The molecule has 1 unspecified atom stereocenters. The van der Waals surface area contributed by atoms with Gasteiger partial charge in [-0.15, -0.1) is 0 Å². The van der Waals surface area contributed by atoms with Crippen LogP contribution in [0.25, 0.3) is 0 Å². The molecule has 0 aromatic carbocycles. The minimum absolute atomic E-state index is 0.0298. The lowest BCUT2D eigenvalue weighted by Gasteiger charge is -2.05. The maximum Gasteiger partial charge on any atom is 0.199 e. The van der Waals surface area contributed by atoms with Crippen LogP contribution in [0.2, 0.25) is 0 Å². The lowest BCUT2D eigenvalue weighted by molar-refractivity contribution is 0.0947. The van der Waals surface area contributed by atoms with Gasteiger partial charge in [-0.1, -0.05) is 6.92 Å². The fraction of sp³-hybridized carbons (Fsp3) is 0.500. The summed E-state index contributed by atoms with van der Waals surface area (Å²) in [5, 5.41) is 0. The summed E-state index contributed by atoms with van der Waals surface area (Å²) in [7, 11) is 0. The minimum Gasteiger partial charge on any atom is -0.460 e. The largest absolute Gasteiger partial charge is 0.460 e. The summed E-state index contributed by atoms with van der Waals surface area (Å²) >= 11 is 3.25. The molecule has 4 heteroatoms. The average Bonchev–Trinajstić information content (AvgIpc) is 2.60. The number of hydrogen-bond donors (Lipinski definition) is 1. The fourth-order valence-corrected chi connectivity index (χ4v) is 1.52. The summed E-state index contributed by atoms with van der Waals surface area (Å²) in [6.45, 7) is 2.65. The third-order valence-corrected chi connectivity index (χ3v) is 2.76. The standard InChI is InChI=1S/C10H14BrNO2/c1-7(6-12)2-3-9(13)10-8(11)4-5-14-10/h4-5,7H,2-3,6,12H2,1H3. The van der Waals surface area contributed by atoms with Gasteiger partial charge in [0, 0.05) is 6.42 Å². The Hall–Kier alpha value is -0.610. The van der Waals surface area contributed by atoms with Crippen molar-refractivity contribution >= 4 is 21.7 Å². The molecular formula is C10H14BrNO2. The van der Waals surface area contributed by atoms with Gasteiger partial charge in [-0.3, -0.25) is 4.79 Å². The normalized spacial score (nSPS) is 12.8. The van der Waals surface area contributed by atoms with Gasteiger partial charge in [0.2, 0.25) is 0 Å². The third-order valence-electron chi connectivity index (χ3n) is 2.14. The van der Waals surface area contributed by atoms with Gasteiger partial charge in [0.15, 0.2) is 11.5 Å². The summed E-state index contributed by atoms with van der Waals surface area (Å²) in [6.07, 6.45) is 2.80. The molecule has 0 saturated carbocycles. The Balaban J connectivity index is 2.47.